The Kier molecular flexibility index (Phi) is 6.22. The van der Waals surface area contributed by atoms with Crippen molar-refractivity contribution in [3.8, 4) is 0 Å². The van der Waals surface area contributed by atoms with Crippen LogP contribution in [-0.2, 0) is 17.1 Å². The second-order valence-electron chi connectivity index (χ2n) is 4.16. The third-order valence-electron chi connectivity index (χ3n) is 3.07. The molecule has 1 fully saturated rings. The second-order valence-corrected chi connectivity index (χ2v) is 4.16. The van der Waals surface area contributed by atoms with Crippen LogP contribution in [0.25, 0.3) is 0 Å². The number of rotatable bonds is 1. The normalized spacial score (nSPS) is 15.0. The van der Waals surface area contributed by atoms with Gasteiger partial charge in [-0.1, -0.05) is 12.8 Å². The van der Waals surface area contributed by atoms with Gasteiger partial charge in [0.1, 0.15) is 0 Å². The molecule has 2 aromatic rings. The zero-order valence-electron chi connectivity index (χ0n) is 9.46. The molecule has 0 aliphatic heterocycles. The SMILES string of the molecule is [Fe+2].c1c[cH-]c(C2CCCC2)c1.c1cc[cH-]c1. The largest absolute Gasteiger partial charge is 2.00 e. The van der Waals surface area contributed by atoms with Gasteiger partial charge in [-0.05, 0) is 18.8 Å². The maximum atomic E-state index is 2.26. The summed E-state index contributed by atoms with van der Waals surface area (Å²) in [7, 11) is 0. The van der Waals surface area contributed by atoms with E-state index in [0.717, 1.165) is 5.92 Å². The van der Waals surface area contributed by atoms with Gasteiger partial charge >= 0.3 is 17.1 Å². The molecule has 0 radical (unpaired) electrons. The van der Waals surface area contributed by atoms with Gasteiger partial charge in [-0.15, -0.1) is 0 Å². The molecule has 1 aliphatic rings. The van der Waals surface area contributed by atoms with Gasteiger partial charge in [-0.3, -0.25) is 0 Å². The zero-order valence-corrected chi connectivity index (χ0v) is 10.6. The molecular formula is C15H18Fe. The van der Waals surface area contributed by atoms with E-state index in [4.69, 9.17) is 0 Å². The topological polar surface area (TPSA) is 0 Å². The van der Waals surface area contributed by atoms with Gasteiger partial charge in [-0.25, -0.2) is 24.3 Å². The van der Waals surface area contributed by atoms with Crippen LogP contribution in [0.5, 0.6) is 0 Å². The fourth-order valence-corrected chi connectivity index (χ4v) is 2.24. The van der Waals surface area contributed by atoms with Crippen molar-refractivity contribution in [3.05, 3.63) is 60.2 Å². The third kappa shape index (κ3) is 4.00. The fraction of sp³-hybridized carbons (Fsp3) is 0.333. The van der Waals surface area contributed by atoms with Crippen LogP contribution in [0.3, 0.4) is 0 Å². The first kappa shape index (κ1) is 13.3. The number of hydrogen-bond donors (Lipinski definition) is 0. The van der Waals surface area contributed by atoms with Gasteiger partial charge in [0.15, 0.2) is 0 Å². The maximum Gasteiger partial charge on any atom is 2.00 e. The van der Waals surface area contributed by atoms with E-state index in [9.17, 15) is 0 Å². The van der Waals surface area contributed by atoms with Crippen LogP contribution in [0.15, 0.2) is 54.6 Å². The van der Waals surface area contributed by atoms with Crippen molar-refractivity contribution in [1.82, 2.24) is 0 Å². The molecule has 0 amide bonds. The summed E-state index contributed by atoms with van der Waals surface area (Å²) in [5, 5.41) is 0. The Bertz CT molecular complexity index is 308. The summed E-state index contributed by atoms with van der Waals surface area (Å²) in [6.45, 7) is 0. The van der Waals surface area contributed by atoms with Crippen LogP contribution in [0, 0.1) is 0 Å². The van der Waals surface area contributed by atoms with Crippen molar-refractivity contribution in [2.45, 2.75) is 31.6 Å². The molecule has 1 aliphatic carbocycles. The van der Waals surface area contributed by atoms with Crippen molar-refractivity contribution in [3.63, 3.8) is 0 Å². The van der Waals surface area contributed by atoms with Crippen LogP contribution < -0.4 is 0 Å². The first-order valence-electron chi connectivity index (χ1n) is 5.85. The Morgan fingerprint density at radius 3 is 2.06 bits per heavy atom. The molecule has 3 rings (SSSR count). The summed E-state index contributed by atoms with van der Waals surface area (Å²) in [5.41, 5.74) is 1.57. The quantitative estimate of drug-likeness (QED) is 0.520. The maximum absolute atomic E-state index is 2.26. The molecule has 0 spiro atoms. The molecule has 0 unspecified atom stereocenters. The van der Waals surface area contributed by atoms with Crippen LogP contribution in [0.4, 0.5) is 0 Å². The predicted molar refractivity (Wildman–Crippen MR) is 65.3 cm³/mol. The van der Waals surface area contributed by atoms with Crippen molar-refractivity contribution in [2.75, 3.05) is 0 Å². The van der Waals surface area contributed by atoms with E-state index in [2.05, 4.69) is 24.3 Å². The average Bonchev–Trinajstić information content (AvgIpc) is 3.06. The third-order valence-corrected chi connectivity index (χ3v) is 3.07. The smallest absolute Gasteiger partial charge is 0.214 e. The first-order valence-corrected chi connectivity index (χ1v) is 5.85. The van der Waals surface area contributed by atoms with Gasteiger partial charge < -0.3 is 0 Å². The van der Waals surface area contributed by atoms with Crippen molar-refractivity contribution in [2.24, 2.45) is 0 Å². The summed E-state index contributed by atoms with van der Waals surface area (Å²) >= 11 is 0. The zero-order chi connectivity index (χ0) is 10.3. The minimum absolute atomic E-state index is 0. The van der Waals surface area contributed by atoms with Gasteiger partial charge in [0.05, 0.1) is 0 Å². The summed E-state index contributed by atoms with van der Waals surface area (Å²) in [5.74, 6) is 0.898. The minimum atomic E-state index is 0. The Balaban J connectivity index is 0.000000183. The van der Waals surface area contributed by atoms with Crippen LogP contribution in [0.2, 0.25) is 0 Å². The van der Waals surface area contributed by atoms with Gasteiger partial charge in [0, 0.05) is 0 Å². The molecule has 0 nitrogen and oxygen atoms in total. The monoisotopic (exact) mass is 254 g/mol. The molecule has 1 saturated carbocycles. The average molecular weight is 254 g/mol. The molecule has 0 atom stereocenters. The van der Waals surface area contributed by atoms with E-state index in [0.29, 0.717) is 0 Å². The standard InChI is InChI=1S/C10H13.C5H5.Fe/c1-2-6-9(5-1)10-7-3-4-8-10;1-2-4-5-3-1;/h1-2,5-6,10H,3-4,7-8H2;1-5H;/q2*-1;+2. The van der Waals surface area contributed by atoms with E-state index < -0.39 is 0 Å². The van der Waals surface area contributed by atoms with Gasteiger partial charge in [-0.2, -0.15) is 35.9 Å². The van der Waals surface area contributed by atoms with E-state index >= 15 is 0 Å². The van der Waals surface area contributed by atoms with Crippen molar-refractivity contribution >= 4 is 0 Å². The van der Waals surface area contributed by atoms with Gasteiger partial charge in [0.25, 0.3) is 0 Å². The predicted octanol–water partition coefficient (Wildman–Crippen LogP) is 4.47. The van der Waals surface area contributed by atoms with E-state index in [1.807, 2.05) is 30.3 Å². The summed E-state index contributed by atoms with van der Waals surface area (Å²) in [6, 6.07) is 18.8. The molecule has 1 heteroatoms. The Morgan fingerprint density at radius 1 is 0.938 bits per heavy atom. The molecule has 0 saturated heterocycles. The van der Waals surface area contributed by atoms with Crippen molar-refractivity contribution in [1.29, 1.82) is 0 Å². The molecule has 0 N–H and O–H groups in total. The Hall–Kier alpha value is -0.781. The Labute approximate surface area is 109 Å². The molecule has 16 heavy (non-hydrogen) atoms. The van der Waals surface area contributed by atoms with Crippen LogP contribution >= 0.6 is 0 Å². The fourth-order valence-electron chi connectivity index (χ4n) is 2.24. The number of hydrogen-bond acceptors (Lipinski definition) is 0. The first-order chi connectivity index (χ1) is 7.47. The summed E-state index contributed by atoms with van der Waals surface area (Å²) in [4.78, 5) is 0. The molecule has 0 bridgehead atoms. The van der Waals surface area contributed by atoms with E-state index in [-0.39, 0.29) is 17.1 Å². The molecule has 86 valence electrons. The Morgan fingerprint density at radius 2 is 1.62 bits per heavy atom. The molecular weight excluding hydrogens is 236 g/mol. The molecule has 0 heterocycles. The van der Waals surface area contributed by atoms with E-state index in [1.165, 1.54) is 25.7 Å². The van der Waals surface area contributed by atoms with Crippen molar-refractivity contribution < 1.29 is 17.1 Å². The summed E-state index contributed by atoms with van der Waals surface area (Å²) < 4.78 is 0. The van der Waals surface area contributed by atoms with Crippen LogP contribution in [-0.4, -0.2) is 0 Å². The van der Waals surface area contributed by atoms with E-state index in [1.54, 1.807) is 5.56 Å². The molecule has 0 aromatic heterocycles. The second kappa shape index (κ2) is 7.49. The van der Waals surface area contributed by atoms with Crippen LogP contribution in [0.1, 0.15) is 37.2 Å². The summed E-state index contributed by atoms with van der Waals surface area (Å²) in [6.07, 6.45) is 5.72. The minimum Gasteiger partial charge on any atom is -0.214 e. The molecule has 2 aromatic carbocycles. The van der Waals surface area contributed by atoms with Gasteiger partial charge in [0.2, 0.25) is 0 Å².